The minimum absolute atomic E-state index is 0.131. The number of aromatic amines is 2. The van der Waals surface area contributed by atoms with E-state index in [1.54, 1.807) is 6.33 Å². The average Bonchev–Trinajstić information content (AvgIpc) is 3.00. The maximum Gasteiger partial charge on any atom is 0.304 e. The van der Waals surface area contributed by atoms with Crippen LogP contribution in [0.25, 0.3) is 11.2 Å². The molecule has 1 aliphatic heterocycles. The summed E-state index contributed by atoms with van der Waals surface area (Å²) in [6.45, 7) is 3.40. The summed E-state index contributed by atoms with van der Waals surface area (Å²) in [7, 11) is 0. The maximum atomic E-state index is 12.5. The lowest BCUT2D eigenvalue weighted by molar-refractivity contribution is -0.662. The summed E-state index contributed by atoms with van der Waals surface area (Å²) in [4.78, 5) is 25.1. The number of aromatic nitrogens is 4. The van der Waals surface area contributed by atoms with Gasteiger partial charge in [-0.1, -0.05) is 30.3 Å². The number of hydrogen-bond donors (Lipinski definition) is 2. The van der Waals surface area contributed by atoms with E-state index in [-0.39, 0.29) is 5.56 Å². The van der Waals surface area contributed by atoms with Gasteiger partial charge in [0.05, 0.1) is 13.2 Å². The predicted octanol–water partition coefficient (Wildman–Crippen LogP) is 0.424. The molecule has 3 heterocycles. The molecular formula is C16H18N5O2+. The number of nitrogens with one attached hydrogen (secondary N) is 2. The van der Waals surface area contributed by atoms with Crippen molar-refractivity contribution >= 4 is 17.1 Å². The highest BCUT2D eigenvalue weighted by atomic mass is 16.5. The minimum atomic E-state index is -0.131. The second-order valence-electron chi connectivity index (χ2n) is 5.57. The third-order valence-electron chi connectivity index (χ3n) is 4.03. The molecule has 7 heteroatoms. The molecule has 2 N–H and O–H groups in total. The van der Waals surface area contributed by atoms with E-state index in [9.17, 15) is 4.79 Å². The van der Waals surface area contributed by atoms with Crippen LogP contribution < -0.4 is 15.0 Å². The number of hydrogen-bond acceptors (Lipinski definition) is 4. The van der Waals surface area contributed by atoms with Gasteiger partial charge in [0.1, 0.15) is 6.54 Å². The Morgan fingerprint density at radius 1 is 1.22 bits per heavy atom. The van der Waals surface area contributed by atoms with Gasteiger partial charge in [0, 0.05) is 13.1 Å². The summed E-state index contributed by atoms with van der Waals surface area (Å²) in [5.41, 5.74) is 2.17. The summed E-state index contributed by atoms with van der Waals surface area (Å²) in [5, 5.41) is 0. The molecule has 0 aliphatic carbocycles. The van der Waals surface area contributed by atoms with Gasteiger partial charge < -0.3 is 9.64 Å². The van der Waals surface area contributed by atoms with Crippen LogP contribution in [-0.2, 0) is 11.3 Å². The molecule has 0 unspecified atom stereocenters. The van der Waals surface area contributed by atoms with Crippen LogP contribution >= 0.6 is 0 Å². The Kier molecular flexibility index (Phi) is 3.55. The smallest absolute Gasteiger partial charge is 0.304 e. The molecule has 7 nitrogen and oxygen atoms in total. The van der Waals surface area contributed by atoms with Gasteiger partial charge in [0.15, 0.2) is 0 Å². The van der Waals surface area contributed by atoms with Gasteiger partial charge >= 0.3 is 5.56 Å². The standard InChI is InChI=1S/C16H17N5O2/c22-15-13-14(18-16(19-15)20-6-8-23-9-7-20)17-11-21(13)10-12-4-2-1-3-5-12/h1-5,11H,6-10H2,(H,18,19,22)/p+1. The third-order valence-corrected chi connectivity index (χ3v) is 4.03. The minimum Gasteiger partial charge on any atom is -0.378 e. The van der Waals surface area contributed by atoms with Crippen molar-refractivity contribution in [1.82, 2.24) is 15.0 Å². The summed E-state index contributed by atoms with van der Waals surface area (Å²) < 4.78 is 7.22. The summed E-state index contributed by atoms with van der Waals surface area (Å²) in [6.07, 6.45) is 1.79. The van der Waals surface area contributed by atoms with E-state index in [0.29, 0.717) is 36.9 Å². The first kappa shape index (κ1) is 14.0. The van der Waals surface area contributed by atoms with Gasteiger partial charge in [-0.3, -0.25) is 9.78 Å². The van der Waals surface area contributed by atoms with E-state index in [0.717, 1.165) is 18.7 Å². The van der Waals surface area contributed by atoms with Gasteiger partial charge in [-0.15, -0.1) is 0 Å². The van der Waals surface area contributed by atoms with E-state index in [2.05, 4.69) is 15.0 Å². The summed E-state index contributed by atoms with van der Waals surface area (Å²) >= 11 is 0. The van der Waals surface area contributed by atoms with Crippen molar-refractivity contribution in [3.63, 3.8) is 0 Å². The van der Waals surface area contributed by atoms with E-state index < -0.39 is 0 Å². The second-order valence-corrected chi connectivity index (χ2v) is 5.57. The molecule has 0 radical (unpaired) electrons. The number of H-pyrrole nitrogens is 2. The Morgan fingerprint density at radius 3 is 2.78 bits per heavy atom. The zero-order chi connectivity index (χ0) is 15.6. The van der Waals surface area contributed by atoms with Crippen LogP contribution in [0.15, 0.2) is 41.5 Å². The molecule has 23 heavy (non-hydrogen) atoms. The molecule has 1 saturated heterocycles. The number of rotatable bonds is 3. The molecule has 1 aliphatic rings. The van der Waals surface area contributed by atoms with E-state index in [1.165, 1.54) is 0 Å². The lowest BCUT2D eigenvalue weighted by Crippen LogP contribution is -2.40. The number of fused-ring (bicyclic) bond motifs is 1. The highest BCUT2D eigenvalue weighted by Gasteiger charge is 2.20. The molecule has 0 saturated carbocycles. The van der Waals surface area contributed by atoms with Crippen LogP contribution in [-0.4, -0.2) is 41.3 Å². The van der Waals surface area contributed by atoms with Crippen molar-refractivity contribution in [2.45, 2.75) is 6.54 Å². The third kappa shape index (κ3) is 2.70. The number of imidazole rings is 1. The lowest BCUT2D eigenvalue weighted by atomic mass is 10.2. The van der Waals surface area contributed by atoms with Crippen LogP contribution in [0.1, 0.15) is 5.56 Å². The van der Waals surface area contributed by atoms with Crippen molar-refractivity contribution < 1.29 is 9.30 Å². The molecule has 1 aromatic carbocycles. The Morgan fingerprint density at radius 2 is 2.00 bits per heavy atom. The van der Waals surface area contributed by atoms with Crippen molar-refractivity contribution in [1.29, 1.82) is 0 Å². The van der Waals surface area contributed by atoms with Crippen LogP contribution in [0.5, 0.6) is 0 Å². The van der Waals surface area contributed by atoms with Crippen molar-refractivity contribution in [2.75, 3.05) is 31.2 Å². The van der Waals surface area contributed by atoms with E-state index >= 15 is 0 Å². The number of ether oxygens (including phenoxy) is 1. The largest absolute Gasteiger partial charge is 0.378 e. The Bertz CT molecular complexity index is 865. The van der Waals surface area contributed by atoms with Crippen LogP contribution in [0.3, 0.4) is 0 Å². The molecule has 0 bridgehead atoms. The van der Waals surface area contributed by atoms with E-state index in [1.807, 2.05) is 39.8 Å². The number of morpholine rings is 1. The number of benzene rings is 1. The second kappa shape index (κ2) is 5.85. The molecule has 0 atom stereocenters. The van der Waals surface area contributed by atoms with Gasteiger partial charge in [-0.05, 0) is 5.56 Å². The lowest BCUT2D eigenvalue weighted by Gasteiger charge is -2.26. The normalized spacial score (nSPS) is 15.2. The quantitative estimate of drug-likeness (QED) is 0.687. The average molecular weight is 312 g/mol. The predicted molar refractivity (Wildman–Crippen MR) is 85.5 cm³/mol. The molecule has 3 aromatic rings. The fourth-order valence-electron chi connectivity index (χ4n) is 2.86. The van der Waals surface area contributed by atoms with Crippen molar-refractivity contribution in [3.05, 3.63) is 52.6 Å². The fourth-order valence-corrected chi connectivity index (χ4v) is 2.86. The molecule has 4 rings (SSSR count). The fraction of sp³-hybridized carbons (Fsp3) is 0.312. The zero-order valence-electron chi connectivity index (χ0n) is 12.7. The SMILES string of the molecule is O=c1[nH]c(N2CCOCC2)nc2[nH]c[n+](Cc3ccccc3)c12. The van der Waals surface area contributed by atoms with Gasteiger partial charge in [0.25, 0.3) is 11.2 Å². The highest BCUT2D eigenvalue weighted by molar-refractivity contribution is 5.66. The van der Waals surface area contributed by atoms with Crippen molar-refractivity contribution in [3.8, 4) is 0 Å². The number of nitrogens with zero attached hydrogens (tertiary/aromatic N) is 3. The molecule has 0 amide bonds. The Labute approximate surface area is 132 Å². The first-order valence-corrected chi connectivity index (χ1v) is 7.69. The molecule has 1 fully saturated rings. The highest BCUT2D eigenvalue weighted by Crippen LogP contribution is 2.10. The van der Waals surface area contributed by atoms with Gasteiger partial charge in [-0.2, -0.15) is 4.98 Å². The molecule has 118 valence electrons. The van der Waals surface area contributed by atoms with Crippen LogP contribution in [0, 0.1) is 0 Å². The zero-order valence-corrected chi connectivity index (χ0v) is 12.7. The molecule has 2 aromatic heterocycles. The van der Waals surface area contributed by atoms with Crippen LogP contribution in [0.2, 0.25) is 0 Å². The Hall–Kier alpha value is -2.67. The summed E-state index contributed by atoms with van der Waals surface area (Å²) in [5.74, 6) is 0.597. The number of anilines is 1. The first-order chi connectivity index (χ1) is 11.3. The van der Waals surface area contributed by atoms with E-state index in [4.69, 9.17) is 4.74 Å². The maximum absolute atomic E-state index is 12.5. The monoisotopic (exact) mass is 312 g/mol. The van der Waals surface area contributed by atoms with Gasteiger partial charge in [0.2, 0.25) is 12.3 Å². The van der Waals surface area contributed by atoms with Crippen LogP contribution in [0.4, 0.5) is 5.95 Å². The van der Waals surface area contributed by atoms with Gasteiger partial charge in [-0.25, -0.2) is 9.55 Å². The molecular weight excluding hydrogens is 294 g/mol. The van der Waals surface area contributed by atoms with Crippen molar-refractivity contribution in [2.24, 2.45) is 0 Å². The Balaban J connectivity index is 1.71. The first-order valence-electron chi connectivity index (χ1n) is 7.69. The molecule has 0 spiro atoms. The topological polar surface area (TPSA) is 77.9 Å². The summed E-state index contributed by atoms with van der Waals surface area (Å²) in [6, 6.07) is 10.0.